The van der Waals surface area contributed by atoms with Crippen molar-refractivity contribution in [1.29, 1.82) is 0 Å². The molecule has 0 aliphatic carbocycles. The molecule has 1 N–H and O–H groups in total. The number of para-hydroxylation sites is 1. The van der Waals surface area contributed by atoms with Crippen LogP contribution in [0.1, 0.15) is 12.5 Å². The SMILES string of the molecule is CCOc1ccccc1C(F)(F)C(=O)N(C)CC(=O)O. The number of carbonyl (C=O) groups excluding carboxylic acids is 1. The van der Waals surface area contributed by atoms with Gasteiger partial charge in [-0.2, -0.15) is 8.78 Å². The molecule has 0 spiro atoms. The number of ether oxygens (including phenoxy) is 1. The van der Waals surface area contributed by atoms with Gasteiger partial charge in [0, 0.05) is 7.05 Å². The molecule has 0 atom stereocenters. The number of halogens is 2. The van der Waals surface area contributed by atoms with Crippen molar-refractivity contribution in [3.05, 3.63) is 29.8 Å². The van der Waals surface area contributed by atoms with Gasteiger partial charge in [-0.3, -0.25) is 9.59 Å². The Kier molecular flexibility index (Phi) is 5.01. The van der Waals surface area contributed by atoms with Gasteiger partial charge < -0.3 is 14.7 Å². The van der Waals surface area contributed by atoms with Crippen molar-refractivity contribution in [3.63, 3.8) is 0 Å². The molecule has 5 nitrogen and oxygen atoms in total. The monoisotopic (exact) mass is 287 g/mol. The minimum absolute atomic E-state index is 0.0999. The molecule has 0 fully saturated rings. The molecule has 1 rings (SSSR count). The first-order valence-corrected chi connectivity index (χ1v) is 5.88. The maximum Gasteiger partial charge on any atom is 0.353 e. The third kappa shape index (κ3) is 3.43. The maximum absolute atomic E-state index is 14.2. The van der Waals surface area contributed by atoms with Crippen LogP contribution in [0.2, 0.25) is 0 Å². The van der Waals surface area contributed by atoms with Crippen molar-refractivity contribution in [2.24, 2.45) is 0 Å². The van der Waals surface area contributed by atoms with Crippen LogP contribution in [0, 0.1) is 0 Å². The van der Waals surface area contributed by atoms with E-state index in [4.69, 9.17) is 9.84 Å². The third-order valence-corrected chi connectivity index (χ3v) is 2.51. The second kappa shape index (κ2) is 6.31. The van der Waals surface area contributed by atoms with Crippen LogP contribution in [0.15, 0.2) is 24.3 Å². The first-order chi connectivity index (χ1) is 9.30. The number of likely N-dealkylation sites (N-methyl/N-ethyl adjacent to an activating group) is 1. The van der Waals surface area contributed by atoms with Crippen molar-refractivity contribution in [3.8, 4) is 5.75 Å². The van der Waals surface area contributed by atoms with Crippen molar-refractivity contribution in [2.45, 2.75) is 12.8 Å². The Morgan fingerprint density at radius 1 is 1.35 bits per heavy atom. The van der Waals surface area contributed by atoms with Crippen molar-refractivity contribution >= 4 is 11.9 Å². The molecule has 0 bridgehead atoms. The molecule has 0 radical (unpaired) electrons. The molecule has 7 heteroatoms. The van der Waals surface area contributed by atoms with Crippen molar-refractivity contribution < 1.29 is 28.2 Å². The zero-order valence-corrected chi connectivity index (χ0v) is 11.1. The molecule has 0 heterocycles. The Morgan fingerprint density at radius 3 is 2.50 bits per heavy atom. The molecule has 20 heavy (non-hydrogen) atoms. The lowest BCUT2D eigenvalue weighted by molar-refractivity contribution is -0.161. The second-order valence-corrected chi connectivity index (χ2v) is 4.06. The van der Waals surface area contributed by atoms with Gasteiger partial charge in [-0.15, -0.1) is 0 Å². The Labute approximate surface area is 114 Å². The number of alkyl halides is 2. The minimum atomic E-state index is -3.85. The quantitative estimate of drug-likeness (QED) is 0.865. The van der Waals surface area contributed by atoms with Gasteiger partial charge in [-0.05, 0) is 19.1 Å². The normalized spacial score (nSPS) is 11.0. The van der Waals surface area contributed by atoms with Crippen LogP contribution >= 0.6 is 0 Å². The summed E-state index contributed by atoms with van der Waals surface area (Å²) in [5, 5.41) is 8.54. The Hall–Kier alpha value is -2.18. The van der Waals surface area contributed by atoms with E-state index in [2.05, 4.69) is 0 Å². The smallest absolute Gasteiger partial charge is 0.353 e. The summed E-state index contributed by atoms with van der Waals surface area (Å²) < 4.78 is 33.4. The zero-order chi connectivity index (χ0) is 15.3. The highest BCUT2D eigenvalue weighted by molar-refractivity contribution is 5.88. The topological polar surface area (TPSA) is 66.8 Å². The average molecular weight is 287 g/mol. The highest BCUT2D eigenvalue weighted by Gasteiger charge is 2.45. The van der Waals surface area contributed by atoms with Crippen LogP contribution in [0.4, 0.5) is 8.78 Å². The number of carboxylic acids is 1. The van der Waals surface area contributed by atoms with E-state index in [1.54, 1.807) is 6.92 Å². The van der Waals surface area contributed by atoms with Crippen molar-refractivity contribution in [1.82, 2.24) is 4.90 Å². The fourth-order valence-electron chi connectivity index (χ4n) is 1.64. The Morgan fingerprint density at radius 2 is 1.95 bits per heavy atom. The molecule has 1 amide bonds. The van der Waals surface area contributed by atoms with E-state index in [1.807, 2.05) is 0 Å². The molecule has 0 aliphatic rings. The summed E-state index contributed by atoms with van der Waals surface area (Å²) in [6.45, 7) is 1.00. The number of nitrogens with zero attached hydrogens (tertiary/aromatic N) is 1. The number of benzene rings is 1. The predicted molar refractivity (Wildman–Crippen MR) is 66.8 cm³/mol. The average Bonchev–Trinajstić information content (AvgIpc) is 2.37. The number of carbonyl (C=O) groups is 2. The molecular formula is C13H15F2NO4. The van der Waals surface area contributed by atoms with E-state index in [0.29, 0.717) is 4.90 Å². The molecule has 0 saturated heterocycles. The fraction of sp³-hybridized carbons (Fsp3) is 0.385. The predicted octanol–water partition coefficient (Wildman–Crippen LogP) is 1.72. The maximum atomic E-state index is 14.2. The van der Waals surface area contributed by atoms with E-state index in [9.17, 15) is 18.4 Å². The van der Waals surface area contributed by atoms with Crippen LogP contribution in [0.25, 0.3) is 0 Å². The lowest BCUT2D eigenvalue weighted by Crippen LogP contribution is -2.42. The highest BCUT2D eigenvalue weighted by Crippen LogP contribution is 2.36. The molecule has 0 unspecified atom stereocenters. The van der Waals surface area contributed by atoms with E-state index >= 15 is 0 Å². The second-order valence-electron chi connectivity index (χ2n) is 4.06. The number of hydrogen-bond acceptors (Lipinski definition) is 3. The Bertz CT molecular complexity index is 505. The van der Waals surface area contributed by atoms with Crippen LogP contribution in [0.3, 0.4) is 0 Å². The fourth-order valence-corrected chi connectivity index (χ4v) is 1.64. The number of hydrogen-bond donors (Lipinski definition) is 1. The summed E-state index contributed by atoms with van der Waals surface area (Å²) in [6, 6.07) is 5.28. The van der Waals surface area contributed by atoms with E-state index < -0.39 is 29.9 Å². The number of aliphatic carboxylic acids is 1. The van der Waals surface area contributed by atoms with Crippen LogP contribution < -0.4 is 4.74 Å². The van der Waals surface area contributed by atoms with Crippen LogP contribution in [0.5, 0.6) is 5.75 Å². The number of carboxylic acid groups (broad SMARTS) is 1. The molecule has 1 aromatic rings. The zero-order valence-electron chi connectivity index (χ0n) is 11.1. The minimum Gasteiger partial charge on any atom is -0.493 e. The Balaban J connectivity index is 3.09. The molecular weight excluding hydrogens is 272 g/mol. The summed E-state index contributed by atoms with van der Waals surface area (Å²) in [4.78, 5) is 22.7. The van der Waals surface area contributed by atoms with Gasteiger partial charge >= 0.3 is 11.9 Å². The van der Waals surface area contributed by atoms with Crippen molar-refractivity contribution in [2.75, 3.05) is 20.2 Å². The summed E-state index contributed by atoms with van der Waals surface area (Å²) in [7, 11) is 1.01. The van der Waals surface area contributed by atoms with Gasteiger partial charge in [0.05, 0.1) is 12.2 Å². The molecule has 110 valence electrons. The summed E-state index contributed by atoms with van der Waals surface area (Å²) in [5.74, 6) is -6.91. The van der Waals surface area contributed by atoms with Gasteiger partial charge in [0.2, 0.25) is 0 Å². The van der Waals surface area contributed by atoms with Gasteiger partial charge in [-0.25, -0.2) is 0 Å². The van der Waals surface area contributed by atoms with Gasteiger partial charge in [0.25, 0.3) is 5.91 Å². The summed E-state index contributed by atoms with van der Waals surface area (Å²) >= 11 is 0. The standard InChI is InChI=1S/C13H15F2NO4/c1-3-20-10-7-5-4-6-9(10)13(14,15)12(19)16(2)8-11(17)18/h4-7H,3,8H2,1-2H3,(H,17,18). The van der Waals surface area contributed by atoms with E-state index in [-0.39, 0.29) is 12.4 Å². The van der Waals surface area contributed by atoms with Gasteiger partial charge in [0.1, 0.15) is 12.3 Å². The molecule has 0 saturated carbocycles. The van der Waals surface area contributed by atoms with Gasteiger partial charge in [0.15, 0.2) is 0 Å². The highest BCUT2D eigenvalue weighted by atomic mass is 19.3. The molecule has 0 aliphatic heterocycles. The third-order valence-electron chi connectivity index (χ3n) is 2.51. The summed E-state index contributed by atoms with van der Waals surface area (Å²) in [5.41, 5.74) is -0.580. The van der Waals surface area contributed by atoms with Gasteiger partial charge in [-0.1, -0.05) is 12.1 Å². The summed E-state index contributed by atoms with van der Waals surface area (Å²) in [6.07, 6.45) is 0. The van der Waals surface area contributed by atoms with E-state index in [0.717, 1.165) is 13.1 Å². The van der Waals surface area contributed by atoms with Crippen LogP contribution in [-0.4, -0.2) is 42.1 Å². The first kappa shape index (κ1) is 15.9. The lowest BCUT2D eigenvalue weighted by atomic mass is 10.1. The number of rotatable bonds is 6. The molecule has 1 aromatic carbocycles. The largest absolute Gasteiger partial charge is 0.493 e. The lowest BCUT2D eigenvalue weighted by Gasteiger charge is -2.23. The number of amides is 1. The van der Waals surface area contributed by atoms with Crippen LogP contribution in [-0.2, 0) is 15.5 Å². The van der Waals surface area contributed by atoms with E-state index in [1.165, 1.54) is 18.2 Å². The molecule has 0 aromatic heterocycles. The first-order valence-electron chi connectivity index (χ1n) is 5.88.